The van der Waals surface area contributed by atoms with Gasteiger partial charge in [0.1, 0.15) is 11.9 Å². The number of rotatable bonds is 7. The minimum atomic E-state index is -2.74. The van der Waals surface area contributed by atoms with E-state index in [1.807, 2.05) is 24.3 Å². The zero-order valence-electron chi connectivity index (χ0n) is 19.8. The number of ether oxygens (including phenoxy) is 1. The number of carbonyl (C=O) groups is 5. The van der Waals surface area contributed by atoms with Crippen LogP contribution in [-0.2, 0) is 23.9 Å². The minimum absolute atomic E-state index is 0.0356. The molecule has 198 valence electrons. The van der Waals surface area contributed by atoms with E-state index in [1.54, 1.807) is 6.20 Å². The normalized spacial score (nSPS) is 26.2. The van der Waals surface area contributed by atoms with Gasteiger partial charge in [-0.25, -0.2) is 9.59 Å². The summed E-state index contributed by atoms with van der Waals surface area (Å²) in [6.07, 6.45) is 3.01. The molecule has 6 rings (SSSR count). The van der Waals surface area contributed by atoms with E-state index in [9.17, 15) is 24.0 Å². The summed E-state index contributed by atoms with van der Waals surface area (Å²) >= 11 is 0. The standard InChI is InChI=1S/C19H20N2O3.C6H8O7/c22-18-10-21-12-5-11(18)6-13(21)8-14(7-12)24-19(23)16-9-20-17-4-2-1-3-15(16)17;7-3(8)1-6(13,5(11)12)2-4(9)10/h1-4,9,11-14,20H,5-8,10H2;13H,1-2H2,(H,7,8)(H,9,10)(H,11,12)/t11-,12+,13-,14-;. The van der Waals surface area contributed by atoms with E-state index in [2.05, 4.69) is 9.88 Å². The van der Waals surface area contributed by atoms with E-state index in [0.29, 0.717) is 30.0 Å². The van der Waals surface area contributed by atoms with Gasteiger partial charge in [0, 0.05) is 47.9 Å². The lowest BCUT2D eigenvalue weighted by Gasteiger charge is -2.54. The molecule has 2 aromatic rings. The maximum atomic E-state index is 12.6. The fraction of sp³-hybridized carbons (Fsp3) is 0.480. The lowest BCUT2D eigenvalue weighted by atomic mass is 9.72. The van der Waals surface area contributed by atoms with Crippen molar-refractivity contribution in [2.75, 3.05) is 6.54 Å². The molecule has 4 aliphatic rings. The third-order valence-corrected chi connectivity index (χ3v) is 7.28. The minimum Gasteiger partial charge on any atom is -0.481 e. The lowest BCUT2D eigenvalue weighted by Crippen LogP contribution is -2.63. The molecule has 5 atom stereocenters. The highest BCUT2D eigenvalue weighted by molar-refractivity contribution is 6.04. The van der Waals surface area contributed by atoms with Crippen LogP contribution in [0.25, 0.3) is 10.9 Å². The SMILES string of the molecule is O=C(O)CC(O)(CC(=O)O)C(=O)O.O=C(O[C@@H]1C[C@@H]2C[C@@H]3C[C@H](C1)N2CC3=O)c1c[nH]c2ccccc12. The molecule has 0 spiro atoms. The van der Waals surface area contributed by atoms with Gasteiger partial charge in [0.2, 0.25) is 0 Å². The largest absolute Gasteiger partial charge is 0.481 e. The number of hydrogen-bond donors (Lipinski definition) is 5. The first-order chi connectivity index (χ1) is 17.5. The van der Waals surface area contributed by atoms with Crippen LogP contribution in [0.1, 0.15) is 48.9 Å². The number of benzene rings is 1. The van der Waals surface area contributed by atoms with E-state index >= 15 is 0 Å². The topological polar surface area (TPSA) is 195 Å². The molecule has 0 saturated carbocycles. The third-order valence-electron chi connectivity index (χ3n) is 7.28. The lowest BCUT2D eigenvalue weighted by molar-refractivity contribution is -0.170. The molecule has 5 heterocycles. The first kappa shape index (κ1) is 26.3. The van der Waals surface area contributed by atoms with E-state index in [4.69, 9.17) is 25.2 Å². The number of H-pyrrole nitrogens is 1. The van der Waals surface area contributed by atoms with Crippen LogP contribution in [0.15, 0.2) is 30.5 Å². The van der Waals surface area contributed by atoms with Gasteiger partial charge in [-0.1, -0.05) is 18.2 Å². The van der Waals surface area contributed by atoms with Crippen LogP contribution in [0.2, 0.25) is 0 Å². The van der Waals surface area contributed by atoms with E-state index in [1.165, 1.54) is 0 Å². The molecule has 12 nitrogen and oxygen atoms in total. The average molecular weight is 517 g/mol. The fourth-order valence-electron chi connectivity index (χ4n) is 5.58. The van der Waals surface area contributed by atoms with Gasteiger partial charge in [0.25, 0.3) is 0 Å². The quantitative estimate of drug-likeness (QED) is 0.333. The van der Waals surface area contributed by atoms with Gasteiger partial charge in [-0.3, -0.25) is 19.3 Å². The molecule has 1 unspecified atom stereocenters. The first-order valence-corrected chi connectivity index (χ1v) is 11.9. The Balaban J connectivity index is 0.000000212. The molecule has 4 saturated heterocycles. The summed E-state index contributed by atoms with van der Waals surface area (Å²) in [5, 5.41) is 34.7. The fourth-order valence-corrected chi connectivity index (χ4v) is 5.58. The summed E-state index contributed by atoms with van der Waals surface area (Å²) in [6.45, 7) is 0.600. The Morgan fingerprint density at radius 1 is 0.973 bits per heavy atom. The van der Waals surface area contributed by atoms with Gasteiger partial charge in [-0.05, 0) is 18.9 Å². The van der Waals surface area contributed by atoms with Crippen LogP contribution in [0.5, 0.6) is 0 Å². The second-order valence-corrected chi connectivity index (χ2v) is 9.84. The number of para-hydroxylation sites is 1. The summed E-state index contributed by atoms with van der Waals surface area (Å²) in [7, 11) is 0. The van der Waals surface area contributed by atoms with Crippen LogP contribution >= 0.6 is 0 Å². The molecule has 4 bridgehead atoms. The van der Waals surface area contributed by atoms with Crippen LogP contribution in [0.4, 0.5) is 0 Å². The summed E-state index contributed by atoms with van der Waals surface area (Å²) in [5.41, 5.74) is -1.18. The number of piperidine rings is 4. The number of aromatic amines is 1. The number of Topliss-reactive ketones (excluding diaryl/α,β-unsaturated/α-hetero) is 1. The highest BCUT2D eigenvalue weighted by atomic mass is 16.5. The summed E-state index contributed by atoms with van der Waals surface area (Å²) < 4.78 is 5.84. The van der Waals surface area contributed by atoms with Crippen molar-refractivity contribution in [2.45, 2.75) is 62.3 Å². The van der Waals surface area contributed by atoms with Gasteiger partial charge in [-0.2, -0.15) is 0 Å². The molecule has 1 aromatic carbocycles. The number of aromatic nitrogens is 1. The molecule has 0 radical (unpaired) electrons. The smallest absolute Gasteiger partial charge is 0.340 e. The number of nitrogens with one attached hydrogen (secondary N) is 1. The highest BCUT2D eigenvalue weighted by Crippen LogP contribution is 2.42. The number of esters is 1. The Kier molecular flexibility index (Phi) is 7.32. The van der Waals surface area contributed by atoms with Gasteiger partial charge in [0.15, 0.2) is 5.60 Å². The Morgan fingerprint density at radius 3 is 2.11 bits per heavy atom. The second kappa shape index (κ2) is 10.3. The zero-order chi connectivity index (χ0) is 26.9. The molecule has 5 N–H and O–H groups in total. The predicted octanol–water partition coefficient (Wildman–Crippen LogP) is 1.27. The van der Waals surface area contributed by atoms with Crippen LogP contribution < -0.4 is 0 Å². The van der Waals surface area contributed by atoms with Gasteiger partial charge >= 0.3 is 23.9 Å². The van der Waals surface area contributed by atoms with Crippen LogP contribution in [-0.4, -0.2) is 90.3 Å². The Bertz CT molecular complexity index is 1210. The molecule has 4 aliphatic heterocycles. The zero-order valence-corrected chi connectivity index (χ0v) is 19.8. The van der Waals surface area contributed by atoms with E-state index in [-0.39, 0.29) is 18.0 Å². The number of carboxylic acid groups (broad SMARTS) is 3. The van der Waals surface area contributed by atoms with Crippen molar-refractivity contribution in [3.8, 4) is 0 Å². The summed E-state index contributed by atoms with van der Waals surface area (Å²) in [5.74, 6) is -4.62. The van der Waals surface area contributed by atoms with Crippen molar-refractivity contribution in [3.05, 3.63) is 36.0 Å². The van der Waals surface area contributed by atoms with Crippen molar-refractivity contribution in [2.24, 2.45) is 5.92 Å². The average Bonchev–Trinajstić information content (AvgIpc) is 3.23. The van der Waals surface area contributed by atoms with Crippen LogP contribution in [0, 0.1) is 5.92 Å². The Morgan fingerprint density at radius 2 is 1.57 bits per heavy atom. The number of ketones is 1. The number of fused-ring (bicyclic) bond motifs is 2. The van der Waals surface area contributed by atoms with Crippen molar-refractivity contribution in [3.63, 3.8) is 0 Å². The molecule has 37 heavy (non-hydrogen) atoms. The second-order valence-electron chi connectivity index (χ2n) is 9.84. The highest BCUT2D eigenvalue weighted by Gasteiger charge is 2.49. The first-order valence-electron chi connectivity index (χ1n) is 11.9. The van der Waals surface area contributed by atoms with E-state index < -0.39 is 36.4 Å². The van der Waals surface area contributed by atoms with Crippen molar-refractivity contribution in [1.82, 2.24) is 9.88 Å². The third kappa shape index (κ3) is 5.65. The molecular weight excluding hydrogens is 488 g/mol. The number of carboxylic acids is 3. The van der Waals surface area contributed by atoms with Crippen molar-refractivity contribution >= 4 is 40.6 Å². The van der Waals surface area contributed by atoms with Crippen molar-refractivity contribution in [1.29, 1.82) is 0 Å². The molecule has 1 aromatic heterocycles. The van der Waals surface area contributed by atoms with Gasteiger partial charge < -0.3 is 30.1 Å². The van der Waals surface area contributed by atoms with Gasteiger partial charge in [-0.15, -0.1) is 0 Å². The van der Waals surface area contributed by atoms with E-state index in [0.717, 1.165) is 36.6 Å². The number of carbonyl (C=O) groups excluding carboxylic acids is 2. The Hall–Kier alpha value is -3.77. The maximum Gasteiger partial charge on any atom is 0.340 e. The molecule has 12 heteroatoms. The number of hydrogen-bond acceptors (Lipinski definition) is 8. The van der Waals surface area contributed by atoms with Crippen LogP contribution in [0.3, 0.4) is 0 Å². The number of aliphatic hydroxyl groups is 1. The molecule has 0 amide bonds. The number of nitrogens with zero attached hydrogens (tertiary/aromatic N) is 1. The molecule has 4 fully saturated rings. The Labute approximate surface area is 210 Å². The number of aliphatic carboxylic acids is 3. The molecular formula is C25H28N2O10. The van der Waals surface area contributed by atoms with Gasteiger partial charge in [0.05, 0.1) is 24.9 Å². The predicted molar refractivity (Wildman–Crippen MR) is 126 cm³/mol. The molecule has 0 aliphatic carbocycles. The maximum absolute atomic E-state index is 12.6. The monoisotopic (exact) mass is 516 g/mol. The summed E-state index contributed by atoms with van der Waals surface area (Å²) in [4.78, 5) is 60.5. The summed E-state index contributed by atoms with van der Waals surface area (Å²) in [6, 6.07) is 8.58. The van der Waals surface area contributed by atoms with Crippen molar-refractivity contribution < 1.29 is 49.1 Å².